The number of nitrogens with one attached hydrogen (secondary N) is 1. The number of benzene rings is 3. The van der Waals surface area contributed by atoms with Crippen molar-refractivity contribution in [2.45, 2.75) is 25.9 Å². The number of nitrogens with zero attached hydrogens (tertiary/aromatic N) is 3. The molecule has 39 heavy (non-hydrogen) atoms. The summed E-state index contributed by atoms with van der Waals surface area (Å²) in [5.41, 5.74) is 6.59. The average Bonchev–Trinajstić information content (AvgIpc) is 3.45. The third-order valence-electron chi connectivity index (χ3n) is 7.07. The zero-order valence-corrected chi connectivity index (χ0v) is 24.0. The van der Waals surface area contributed by atoms with E-state index in [1.807, 2.05) is 60.8 Å². The molecule has 0 amide bonds. The molecular formula is C32H27BrN4OS. The highest BCUT2D eigenvalue weighted by Crippen LogP contribution is 2.44. The first-order chi connectivity index (χ1) is 19.0. The number of ether oxygens (including phenoxy) is 1. The quantitative estimate of drug-likeness (QED) is 0.201. The van der Waals surface area contributed by atoms with Crippen LogP contribution >= 0.6 is 28.1 Å². The first-order valence-corrected chi connectivity index (χ1v) is 14.0. The zero-order chi connectivity index (χ0) is 26.9. The molecule has 0 radical (unpaired) electrons. The molecule has 5 nitrogen and oxygen atoms in total. The van der Waals surface area contributed by atoms with Crippen LogP contribution in [0, 0.1) is 13.8 Å². The van der Waals surface area contributed by atoms with Crippen LogP contribution in [0.1, 0.15) is 34.7 Å². The number of anilines is 1. The predicted molar refractivity (Wildman–Crippen MR) is 164 cm³/mol. The number of para-hydroxylation sites is 1. The van der Waals surface area contributed by atoms with Gasteiger partial charge in [-0.15, -0.1) is 0 Å². The topological polar surface area (TPSA) is 42.3 Å². The lowest BCUT2D eigenvalue weighted by molar-refractivity contribution is 0.482. The van der Waals surface area contributed by atoms with Gasteiger partial charge in [-0.3, -0.25) is 4.98 Å². The van der Waals surface area contributed by atoms with Crippen molar-refractivity contribution in [2.24, 2.45) is 0 Å². The van der Waals surface area contributed by atoms with E-state index in [-0.39, 0.29) is 12.1 Å². The van der Waals surface area contributed by atoms with E-state index in [9.17, 15) is 0 Å². The maximum Gasteiger partial charge on any atom is 0.174 e. The van der Waals surface area contributed by atoms with Gasteiger partial charge in [0.05, 0.1) is 17.8 Å². The van der Waals surface area contributed by atoms with Crippen molar-refractivity contribution in [3.63, 3.8) is 0 Å². The van der Waals surface area contributed by atoms with Crippen LogP contribution in [0.5, 0.6) is 11.5 Å². The second-order valence-corrected chi connectivity index (χ2v) is 10.8. The van der Waals surface area contributed by atoms with E-state index >= 15 is 0 Å². The van der Waals surface area contributed by atoms with E-state index in [0.717, 1.165) is 38.7 Å². The maximum atomic E-state index is 6.04. The highest BCUT2D eigenvalue weighted by Gasteiger charge is 2.42. The summed E-state index contributed by atoms with van der Waals surface area (Å²) in [4.78, 5) is 6.91. The number of halogens is 1. The Bertz CT molecular complexity index is 1600. The normalized spacial score (nSPS) is 16.8. The largest absolute Gasteiger partial charge is 0.457 e. The highest BCUT2D eigenvalue weighted by molar-refractivity contribution is 9.10. The molecule has 5 aromatic rings. The molecular weight excluding hydrogens is 568 g/mol. The Balaban J connectivity index is 1.41. The van der Waals surface area contributed by atoms with Crippen LogP contribution in [-0.2, 0) is 0 Å². The summed E-state index contributed by atoms with van der Waals surface area (Å²) in [6.07, 6.45) is 1.83. The first-order valence-electron chi connectivity index (χ1n) is 12.8. The van der Waals surface area contributed by atoms with Crippen molar-refractivity contribution in [3.8, 4) is 17.2 Å². The van der Waals surface area contributed by atoms with Gasteiger partial charge in [0.15, 0.2) is 5.11 Å². The van der Waals surface area contributed by atoms with Gasteiger partial charge in [0.1, 0.15) is 11.5 Å². The van der Waals surface area contributed by atoms with Gasteiger partial charge in [-0.25, -0.2) is 0 Å². The van der Waals surface area contributed by atoms with Gasteiger partial charge in [0, 0.05) is 33.4 Å². The molecule has 2 aromatic heterocycles. The third kappa shape index (κ3) is 4.95. The molecule has 0 unspecified atom stereocenters. The molecule has 2 atom stereocenters. The molecule has 1 aliphatic rings. The minimum Gasteiger partial charge on any atom is -0.457 e. The van der Waals surface area contributed by atoms with E-state index in [4.69, 9.17) is 21.9 Å². The van der Waals surface area contributed by atoms with Crippen LogP contribution in [0.15, 0.2) is 114 Å². The standard InChI is InChI=1S/C32H27BrN4OS/c1-21-20-28(22(2)36(21)24-13-11-23(33)12-14-24)31-30(29-10-6-7-19-34-29)35-32(39)37(31)25-15-17-27(18-16-25)38-26-8-4-3-5-9-26/h3-20,30-31H,1-2H3,(H,35,39)/t30-,31-/m1/s1. The highest BCUT2D eigenvalue weighted by atomic mass is 79.9. The molecule has 1 N–H and O–H groups in total. The van der Waals surface area contributed by atoms with Gasteiger partial charge < -0.3 is 19.5 Å². The molecule has 0 aliphatic carbocycles. The van der Waals surface area contributed by atoms with E-state index in [1.54, 1.807) is 0 Å². The molecule has 0 bridgehead atoms. The fourth-order valence-corrected chi connectivity index (χ4v) is 5.93. The van der Waals surface area contributed by atoms with Crippen molar-refractivity contribution in [3.05, 3.63) is 136 Å². The summed E-state index contributed by atoms with van der Waals surface area (Å²) in [6.45, 7) is 4.32. The number of aromatic nitrogens is 2. The van der Waals surface area contributed by atoms with E-state index in [2.05, 4.69) is 93.1 Å². The molecule has 6 rings (SSSR count). The van der Waals surface area contributed by atoms with Crippen LogP contribution in [0.25, 0.3) is 5.69 Å². The molecule has 0 saturated carbocycles. The molecule has 0 spiro atoms. The van der Waals surface area contributed by atoms with Crippen LogP contribution in [0.4, 0.5) is 5.69 Å². The number of thiocarbonyl (C=S) groups is 1. The van der Waals surface area contributed by atoms with E-state index in [1.165, 1.54) is 11.3 Å². The monoisotopic (exact) mass is 594 g/mol. The Morgan fingerprint density at radius 2 is 1.49 bits per heavy atom. The third-order valence-corrected chi connectivity index (χ3v) is 7.91. The Hall–Kier alpha value is -3.94. The summed E-state index contributed by atoms with van der Waals surface area (Å²) in [7, 11) is 0. The number of pyridine rings is 1. The predicted octanol–water partition coefficient (Wildman–Crippen LogP) is 8.22. The molecule has 3 heterocycles. The Morgan fingerprint density at radius 3 is 2.18 bits per heavy atom. The minimum atomic E-state index is -0.113. The average molecular weight is 596 g/mol. The SMILES string of the molecule is Cc1cc([C@@H]2[C@@H](c3ccccn3)NC(=S)N2c2ccc(Oc3ccccc3)cc2)c(C)n1-c1ccc(Br)cc1. The lowest BCUT2D eigenvalue weighted by Crippen LogP contribution is -2.29. The first kappa shape index (κ1) is 25.3. The summed E-state index contributed by atoms with van der Waals surface area (Å²) in [5.74, 6) is 1.58. The Kier molecular flexibility index (Phi) is 6.94. The van der Waals surface area contributed by atoms with Gasteiger partial charge in [-0.05, 0) is 110 Å². The smallest absolute Gasteiger partial charge is 0.174 e. The number of aryl methyl sites for hydroxylation is 1. The molecule has 7 heteroatoms. The lowest BCUT2D eigenvalue weighted by Gasteiger charge is -2.28. The molecule has 194 valence electrons. The summed E-state index contributed by atoms with van der Waals surface area (Å²) >= 11 is 9.51. The molecule has 1 aliphatic heterocycles. The van der Waals surface area contributed by atoms with Crippen molar-refractivity contribution < 1.29 is 4.74 Å². The van der Waals surface area contributed by atoms with Gasteiger partial charge in [-0.2, -0.15) is 0 Å². The summed E-state index contributed by atoms with van der Waals surface area (Å²) in [5, 5.41) is 4.24. The number of hydrogen-bond acceptors (Lipinski definition) is 3. The molecule has 1 fully saturated rings. The van der Waals surface area contributed by atoms with Crippen LogP contribution < -0.4 is 15.0 Å². The maximum absolute atomic E-state index is 6.04. The Labute approximate surface area is 242 Å². The minimum absolute atomic E-state index is 0.0938. The summed E-state index contributed by atoms with van der Waals surface area (Å²) < 4.78 is 9.39. The lowest BCUT2D eigenvalue weighted by atomic mass is 9.96. The van der Waals surface area contributed by atoms with Gasteiger partial charge >= 0.3 is 0 Å². The second-order valence-electron chi connectivity index (χ2n) is 9.54. The van der Waals surface area contributed by atoms with E-state index < -0.39 is 0 Å². The van der Waals surface area contributed by atoms with E-state index in [0.29, 0.717) is 5.11 Å². The van der Waals surface area contributed by atoms with Crippen molar-refractivity contribution in [2.75, 3.05) is 4.90 Å². The number of hydrogen-bond donors (Lipinski definition) is 1. The summed E-state index contributed by atoms with van der Waals surface area (Å²) in [6, 6.07) is 34.4. The van der Waals surface area contributed by atoms with Gasteiger partial charge in [-0.1, -0.05) is 40.2 Å². The van der Waals surface area contributed by atoms with Gasteiger partial charge in [0.25, 0.3) is 0 Å². The second kappa shape index (κ2) is 10.7. The number of rotatable bonds is 6. The van der Waals surface area contributed by atoms with Crippen LogP contribution in [0.3, 0.4) is 0 Å². The van der Waals surface area contributed by atoms with Gasteiger partial charge in [0.2, 0.25) is 0 Å². The zero-order valence-electron chi connectivity index (χ0n) is 21.6. The fourth-order valence-electron chi connectivity index (χ4n) is 5.32. The fraction of sp³-hybridized carbons (Fsp3) is 0.125. The van der Waals surface area contributed by atoms with Crippen molar-refractivity contribution in [1.29, 1.82) is 0 Å². The van der Waals surface area contributed by atoms with Crippen LogP contribution in [0.2, 0.25) is 0 Å². The molecule has 1 saturated heterocycles. The van der Waals surface area contributed by atoms with Crippen molar-refractivity contribution in [1.82, 2.24) is 14.9 Å². The Morgan fingerprint density at radius 1 is 0.821 bits per heavy atom. The van der Waals surface area contributed by atoms with Crippen molar-refractivity contribution >= 4 is 38.9 Å². The van der Waals surface area contributed by atoms with Crippen LogP contribution in [-0.4, -0.2) is 14.7 Å². The molecule has 3 aromatic carbocycles.